The Balaban J connectivity index is 3.43. The van der Waals surface area contributed by atoms with Crippen molar-refractivity contribution in [2.45, 2.75) is 66.9 Å². The van der Waals surface area contributed by atoms with Crippen LogP contribution in [0, 0.1) is 10.8 Å². The Morgan fingerprint density at radius 2 is 1.85 bits per heavy atom. The van der Waals surface area contributed by atoms with Crippen LogP contribution in [-0.2, 0) is 9.53 Å². The summed E-state index contributed by atoms with van der Waals surface area (Å²) in [5, 5.41) is 9.88. The second-order valence-electron chi connectivity index (χ2n) is 7.55. The minimum atomic E-state index is -0.704. The van der Waals surface area contributed by atoms with Gasteiger partial charge in [0.1, 0.15) is 11.4 Å². The smallest absolute Gasteiger partial charge is 0.306 e. The van der Waals surface area contributed by atoms with Crippen LogP contribution in [-0.4, -0.2) is 16.7 Å². The number of hydrogen-bond acceptors (Lipinski definition) is 3. The molecule has 0 saturated heterocycles. The zero-order chi connectivity index (χ0) is 15.8. The van der Waals surface area contributed by atoms with E-state index in [9.17, 15) is 9.90 Å². The molecule has 1 atom stereocenters. The van der Waals surface area contributed by atoms with Crippen molar-refractivity contribution < 1.29 is 14.6 Å². The van der Waals surface area contributed by atoms with Crippen LogP contribution in [0.25, 0.3) is 0 Å². The Labute approximate surface area is 122 Å². The van der Waals surface area contributed by atoms with Crippen molar-refractivity contribution in [3.63, 3.8) is 0 Å². The molecule has 20 heavy (non-hydrogen) atoms. The first kappa shape index (κ1) is 16.8. The van der Waals surface area contributed by atoms with Crippen molar-refractivity contribution >= 4 is 5.97 Å². The molecule has 0 radical (unpaired) electrons. The average Bonchev–Trinajstić information content (AvgIpc) is 2.28. The first-order valence-corrected chi connectivity index (χ1v) is 7.27. The van der Waals surface area contributed by atoms with Crippen LogP contribution >= 0.6 is 0 Å². The molecular formula is C17H28O3. The van der Waals surface area contributed by atoms with Gasteiger partial charge in [-0.05, 0) is 23.1 Å². The normalized spacial score (nSPS) is 23.9. The van der Waals surface area contributed by atoms with Crippen LogP contribution in [0.4, 0.5) is 0 Å². The Morgan fingerprint density at radius 3 is 2.25 bits per heavy atom. The first-order chi connectivity index (χ1) is 8.94. The lowest BCUT2D eigenvalue weighted by Crippen LogP contribution is -2.52. The van der Waals surface area contributed by atoms with Gasteiger partial charge in [-0.15, -0.1) is 0 Å². The van der Waals surface area contributed by atoms with Crippen LogP contribution in [0.1, 0.15) is 61.3 Å². The van der Waals surface area contributed by atoms with Crippen molar-refractivity contribution in [1.29, 1.82) is 0 Å². The van der Waals surface area contributed by atoms with E-state index in [0.717, 1.165) is 5.57 Å². The van der Waals surface area contributed by atoms with Crippen LogP contribution in [0.2, 0.25) is 0 Å². The van der Waals surface area contributed by atoms with Gasteiger partial charge >= 0.3 is 5.97 Å². The van der Waals surface area contributed by atoms with Gasteiger partial charge in [-0.3, -0.25) is 4.79 Å². The maximum absolute atomic E-state index is 12.0. The first-order valence-electron chi connectivity index (χ1n) is 7.27. The second-order valence-corrected chi connectivity index (χ2v) is 7.55. The van der Waals surface area contributed by atoms with Gasteiger partial charge in [0.2, 0.25) is 0 Å². The van der Waals surface area contributed by atoms with E-state index >= 15 is 0 Å². The van der Waals surface area contributed by atoms with Crippen molar-refractivity contribution in [2.75, 3.05) is 0 Å². The van der Waals surface area contributed by atoms with Crippen molar-refractivity contribution in [3.8, 4) is 0 Å². The molecule has 114 valence electrons. The van der Waals surface area contributed by atoms with E-state index in [1.807, 2.05) is 0 Å². The van der Waals surface area contributed by atoms with E-state index in [-0.39, 0.29) is 22.6 Å². The molecule has 0 aromatic heterocycles. The molecule has 0 fully saturated rings. The fraction of sp³-hybridized carbons (Fsp3) is 0.706. The molecule has 0 heterocycles. The third kappa shape index (κ3) is 3.08. The van der Waals surface area contributed by atoms with Gasteiger partial charge in [0.15, 0.2) is 0 Å². The molecule has 1 rings (SSSR count). The highest BCUT2D eigenvalue weighted by molar-refractivity contribution is 5.70. The number of hydrogen-bond donors (Lipinski definition) is 1. The minimum Gasteiger partial charge on any atom is -0.508 e. The zero-order valence-electron chi connectivity index (χ0n) is 13.8. The van der Waals surface area contributed by atoms with Gasteiger partial charge in [-0.25, -0.2) is 0 Å². The largest absolute Gasteiger partial charge is 0.508 e. The lowest BCUT2D eigenvalue weighted by atomic mass is 9.61. The number of aliphatic hydroxyl groups excluding tert-OH is 1. The maximum Gasteiger partial charge on any atom is 0.306 e. The predicted molar refractivity (Wildman–Crippen MR) is 81.4 cm³/mol. The quantitative estimate of drug-likeness (QED) is 0.755. The molecule has 0 aromatic rings. The lowest BCUT2D eigenvalue weighted by molar-refractivity contribution is -0.168. The third-order valence-electron chi connectivity index (χ3n) is 3.92. The summed E-state index contributed by atoms with van der Waals surface area (Å²) in [5.41, 5.74) is -0.179. The summed E-state index contributed by atoms with van der Waals surface area (Å²) < 4.78 is 5.92. The predicted octanol–water partition coefficient (Wildman–Crippen LogP) is 4.54. The van der Waals surface area contributed by atoms with Crippen LogP contribution in [0.15, 0.2) is 23.5 Å². The second kappa shape index (κ2) is 5.27. The molecule has 1 aliphatic carbocycles. The topological polar surface area (TPSA) is 46.5 Å². The van der Waals surface area contributed by atoms with Crippen molar-refractivity contribution in [1.82, 2.24) is 0 Å². The highest BCUT2D eigenvalue weighted by Gasteiger charge is 2.52. The van der Waals surface area contributed by atoms with Crippen molar-refractivity contribution in [3.05, 3.63) is 23.5 Å². The van der Waals surface area contributed by atoms with E-state index in [0.29, 0.717) is 12.8 Å². The number of rotatable bonds is 2. The number of allylic oxidation sites excluding steroid dienone is 1. The number of ether oxygens (including phenoxy) is 1. The molecule has 0 aliphatic heterocycles. The molecule has 1 N–H and O–H groups in total. The minimum absolute atomic E-state index is 0.191. The van der Waals surface area contributed by atoms with Crippen LogP contribution in [0.3, 0.4) is 0 Å². The molecule has 0 aromatic carbocycles. The van der Waals surface area contributed by atoms with Crippen LogP contribution < -0.4 is 0 Å². The molecular weight excluding hydrogens is 252 g/mol. The third-order valence-corrected chi connectivity index (χ3v) is 3.92. The van der Waals surface area contributed by atoms with E-state index in [2.05, 4.69) is 41.5 Å². The summed E-state index contributed by atoms with van der Waals surface area (Å²) >= 11 is 0. The van der Waals surface area contributed by atoms with Gasteiger partial charge in [-0.1, -0.05) is 48.5 Å². The summed E-state index contributed by atoms with van der Waals surface area (Å²) in [7, 11) is 0. The fourth-order valence-corrected chi connectivity index (χ4v) is 2.73. The highest BCUT2D eigenvalue weighted by atomic mass is 16.6. The molecule has 1 unspecified atom stereocenters. The zero-order valence-corrected chi connectivity index (χ0v) is 13.8. The molecule has 0 amide bonds. The molecule has 3 heteroatoms. The summed E-state index contributed by atoms with van der Waals surface area (Å²) in [4.78, 5) is 12.0. The summed E-state index contributed by atoms with van der Waals surface area (Å²) in [5.74, 6) is 0.0483. The lowest BCUT2D eigenvalue weighted by Gasteiger charge is -2.50. The molecule has 0 saturated carbocycles. The van der Waals surface area contributed by atoms with Gasteiger partial charge in [-0.2, -0.15) is 0 Å². The number of carbonyl (C=O) groups is 1. The monoisotopic (exact) mass is 280 g/mol. The standard InChI is InChI=1S/C17H28O3/c1-8-14(19)20-17(16(5,6)7)10-9-12(18)11-13(17)15(2,3)4/h9,11,18H,8,10H2,1-7H3. The molecule has 0 bridgehead atoms. The number of aliphatic hydroxyl groups is 1. The molecule has 0 spiro atoms. The number of esters is 1. The Morgan fingerprint density at radius 1 is 1.30 bits per heavy atom. The van der Waals surface area contributed by atoms with Gasteiger partial charge in [0.25, 0.3) is 0 Å². The van der Waals surface area contributed by atoms with Gasteiger partial charge in [0.05, 0.1) is 0 Å². The Hall–Kier alpha value is -1.25. The summed E-state index contributed by atoms with van der Waals surface area (Å²) in [6.07, 6.45) is 4.36. The van der Waals surface area contributed by atoms with Gasteiger partial charge < -0.3 is 9.84 Å². The van der Waals surface area contributed by atoms with E-state index in [1.54, 1.807) is 19.1 Å². The average molecular weight is 280 g/mol. The fourth-order valence-electron chi connectivity index (χ4n) is 2.73. The van der Waals surface area contributed by atoms with E-state index in [1.165, 1.54) is 0 Å². The molecule has 3 nitrogen and oxygen atoms in total. The Bertz CT molecular complexity index is 444. The highest BCUT2D eigenvalue weighted by Crippen LogP contribution is 2.51. The van der Waals surface area contributed by atoms with E-state index < -0.39 is 5.60 Å². The maximum atomic E-state index is 12.0. The molecule has 1 aliphatic rings. The van der Waals surface area contributed by atoms with E-state index in [4.69, 9.17) is 4.74 Å². The summed E-state index contributed by atoms with van der Waals surface area (Å²) in [6.45, 7) is 14.3. The van der Waals surface area contributed by atoms with Crippen LogP contribution in [0.5, 0.6) is 0 Å². The Kier molecular flexibility index (Phi) is 4.42. The SMILES string of the molecule is CCC(=O)OC1(C(C)(C)C)CC=C(O)C=C1C(C)(C)C. The van der Waals surface area contributed by atoms with Crippen molar-refractivity contribution in [2.24, 2.45) is 10.8 Å². The van der Waals surface area contributed by atoms with Gasteiger partial charge in [0, 0.05) is 18.3 Å². The summed E-state index contributed by atoms with van der Waals surface area (Å²) in [6, 6.07) is 0. The number of carbonyl (C=O) groups excluding carboxylic acids is 1.